The minimum Gasteiger partial charge on any atom is -0.371 e. The standard InChI is InChI=1S/C23H24N4O/c1-26-21(11-4-10-20(28)18-9-2-3-12-24-18)25-19-15-16-7-5-13-27-14-6-8-17(22(16)27)23(19)26/h2-4,9,11-12,15H,5-8,10,13-14H2,1H3. The van der Waals surface area contributed by atoms with Crippen molar-refractivity contribution in [1.82, 2.24) is 14.5 Å². The van der Waals surface area contributed by atoms with Gasteiger partial charge in [0.15, 0.2) is 5.78 Å². The largest absolute Gasteiger partial charge is 0.371 e. The summed E-state index contributed by atoms with van der Waals surface area (Å²) in [6, 6.07) is 7.69. The normalized spacial score (nSPS) is 16.0. The van der Waals surface area contributed by atoms with Gasteiger partial charge >= 0.3 is 0 Å². The third kappa shape index (κ3) is 2.82. The van der Waals surface area contributed by atoms with Crippen molar-refractivity contribution in [2.75, 3.05) is 18.0 Å². The van der Waals surface area contributed by atoms with E-state index in [1.54, 1.807) is 12.3 Å². The van der Waals surface area contributed by atoms with Gasteiger partial charge in [0, 0.05) is 44.0 Å². The fraction of sp³-hybridized carbons (Fsp3) is 0.348. The van der Waals surface area contributed by atoms with Crippen LogP contribution in [0.25, 0.3) is 17.1 Å². The highest BCUT2D eigenvalue weighted by atomic mass is 16.1. The van der Waals surface area contributed by atoms with E-state index < -0.39 is 0 Å². The molecule has 0 bridgehead atoms. The smallest absolute Gasteiger partial charge is 0.184 e. The van der Waals surface area contributed by atoms with Crippen LogP contribution in [0.15, 0.2) is 36.5 Å². The van der Waals surface area contributed by atoms with Crippen LogP contribution in [-0.4, -0.2) is 33.4 Å². The third-order valence-corrected chi connectivity index (χ3v) is 5.91. The van der Waals surface area contributed by atoms with Crippen LogP contribution in [0.1, 0.15) is 46.7 Å². The molecule has 5 nitrogen and oxygen atoms in total. The van der Waals surface area contributed by atoms with Crippen LogP contribution in [0.2, 0.25) is 0 Å². The van der Waals surface area contributed by atoms with Gasteiger partial charge in [-0.25, -0.2) is 4.98 Å². The summed E-state index contributed by atoms with van der Waals surface area (Å²) in [5.41, 5.74) is 7.21. The van der Waals surface area contributed by atoms with E-state index in [2.05, 4.69) is 27.6 Å². The monoisotopic (exact) mass is 372 g/mol. The summed E-state index contributed by atoms with van der Waals surface area (Å²) in [5.74, 6) is 0.927. The van der Waals surface area contributed by atoms with Gasteiger partial charge < -0.3 is 9.47 Å². The molecule has 0 saturated heterocycles. The molecule has 5 heteroatoms. The molecule has 0 amide bonds. The SMILES string of the molecule is Cn1c(C=CCC(=O)c2ccccn2)nc2cc3c4c(c21)CCCN4CCC3. The Morgan fingerprint density at radius 2 is 2.07 bits per heavy atom. The number of nitrogens with zero attached hydrogens (tertiary/aromatic N) is 4. The van der Waals surface area contributed by atoms with Crippen molar-refractivity contribution in [3.05, 3.63) is 59.2 Å². The maximum Gasteiger partial charge on any atom is 0.184 e. The van der Waals surface area contributed by atoms with Crippen molar-refractivity contribution in [2.45, 2.75) is 32.1 Å². The number of pyridine rings is 1. The Kier molecular flexibility index (Phi) is 4.23. The van der Waals surface area contributed by atoms with E-state index in [0.717, 1.165) is 24.2 Å². The fourth-order valence-electron chi connectivity index (χ4n) is 4.65. The Labute approximate surface area is 164 Å². The van der Waals surface area contributed by atoms with Gasteiger partial charge in [0.1, 0.15) is 11.5 Å². The second-order valence-electron chi connectivity index (χ2n) is 7.70. The Morgan fingerprint density at radius 3 is 2.89 bits per heavy atom. The molecule has 0 unspecified atom stereocenters. The van der Waals surface area contributed by atoms with Crippen LogP contribution in [0, 0.1) is 0 Å². The highest BCUT2D eigenvalue weighted by molar-refractivity contribution is 5.95. The summed E-state index contributed by atoms with van der Waals surface area (Å²) in [5, 5.41) is 0. The number of hydrogen-bond donors (Lipinski definition) is 0. The van der Waals surface area contributed by atoms with Gasteiger partial charge in [-0.3, -0.25) is 9.78 Å². The zero-order chi connectivity index (χ0) is 19.1. The van der Waals surface area contributed by atoms with Gasteiger partial charge in [0.2, 0.25) is 0 Å². The molecule has 2 aliphatic heterocycles. The van der Waals surface area contributed by atoms with Crippen molar-refractivity contribution in [1.29, 1.82) is 0 Å². The molecule has 0 radical (unpaired) electrons. The van der Waals surface area contributed by atoms with Crippen molar-refractivity contribution < 1.29 is 4.79 Å². The second kappa shape index (κ2) is 6.89. The summed E-state index contributed by atoms with van der Waals surface area (Å²) in [6.45, 7) is 2.34. The average molecular weight is 372 g/mol. The molecule has 0 atom stereocenters. The maximum atomic E-state index is 12.3. The van der Waals surface area contributed by atoms with Crippen LogP contribution in [0.4, 0.5) is 5.69 Å². The number of hydrogen-bond acceptors (Lipinski definition) is 4. The molecule has 0 aliphatic carbocycles. The van der Waals surface area contributed by atoms with Gasteiger partial charge in [0.25, 0.3) is 0 Å². The number of ketones is 1. The second-order valence-corrected chi connectivity index (χ2v) is 7.70. The molecular weight excluding hydrogens is 348 g/mol. The minimum absolute atomic E-state index is 0.0248. The number of Topliss-reactive ketones (excluding diaryl/α,β-unsaturated/α-hetero) is 1. The van der Waals surface area contributed by atoms with E-state index in [1.807, 2.05) is 24.3 Å². The molecule has 4 heterocycles. The first kappa shape index (κ1) is 17.2. The van der Waals surface area contributed by atoms with E-state index in [4.69, 9.17) is 4.98 Å². The average Bonchev–Trinajstić information content (AvgIpc) is 3.04. The van der Waals surface area contributed by atoms with Crippen LogP contribution in [0.3, 0.4) is 0 Å². The molecule has 2 aliphatic rings. The van der Waals surface area contributed by atoms with Crippen molar-refractivity contribution in [3.63, 3.8) is 0 Å². The van der Waals surface area contributed by atoms with Gasteiger partial charge in [-0.15, -0.1) is 0 Å². The van der Waals surface area contributed by atoms with E-state index in [-0.39, 0.29) is 5.78 Å². The molecular formula is C23H24N4O. The van der Waals surface area contributed by atoms with Crippen LogP contribution < -0.4 is 4.90 Å². The van der Waals surface area contributed by atoms with Gasteiger partial charge in [0.05, 0.1) is 11.0 Å². The summed E-state index contributed by atoms with van der Waals surface area (Å²) in [6.07, 6.45) is 10.6. The van der Waals surface area contributed by atoms with Gasteiger partial charge in [-0.2, -0.15) is 0 Å². The Morgan fingerprint density at radius 1 is 1.21 bits per heavy atom. The lowest BCUT2D eigenvalue weighted by Gasteiger charge is -2.37. The quantitative estimate of drug-likeness (QED) is 0.651. The molecule has 5 rings (SSSR count). The zero-order valence-electron chi connectivity index (χ0n) is 16.2. The number of aryl methyl sites for hydroxylation is 3. The number of allylic oxidation sites excluding steroid dienone is 1. The maximum absolute atomic E-state index is 12.3. The minimum atomic E-state index is 0.0248. The third-order valence-electron chi connectivity index (χ3n) is 5.91. The number of rotatable bonds is 4. The molecule has 0 saturated carbocycles. The van der Waals surface area contributed by atoms with Gasteiger partial charge in [-0.05, 0) is 55.5 Å². The predicted molar refractivity (Wildman–Crippen MR) is 112 cm³/mol. The predicted octanol–water partition coefficient (Wildman–Crippen LogP) is 3.95. The van der Waals surface area contributed by atoms with E-state index in [0.29, 0.717) is 12.1 Å². The first-order valence-corrected chi connectivity index (χ1v) is 10.1. The highest BCUT2D eigenvalue weighted by Gasteiger charge is 2.27. The number of carbonyl (C=O) groups is 1. The zero-order valence-corrected chi connectivity index (χ0v) is 16.2. The molecule has 0 N–H and O–H groups in total. The summed E-state index contributed by atoms with van der Waals surface area (Å²) >= 11 is 0. The number of aromatic nitrogens is 3. The number of fused-ring (bicyclic) bond motifs is 2. The molecule has 28 heavy (non-hydrogen) atoms. The van der Waals surface area contributed by atoms with Gasteiger partial charge in [-0.1, -0.05) is 12.1 Å². The first-order valence-electron chi connectivity index (χ1n) is 10.1. The molecule has 1 aromatic carbocycles. The number of carbonyl (C=O) groups excluding carboxylic acids is 1. The fourth-order valence-corrected chi connectivity index (χ4v) is 4.65. The summed E-state index contributed by atoms with van der Waals surface area (Å²) in [7, 11) is 2.08. The Balaban J connectivity index is 1.48. The molecule has 3 aromatic rings. The molecule has 2 aromatic heterocycles. The highest BCUT2D eigenvalue weighted by Crippen LogP contribution is 2.39. The van der Waals surface area contributed by atoms with E-state index in [1.165, 1.54) is 48.3 Å². The van der Waals surface area contributed by atoms with E-state index >= 15 is 0 Å². The Hall–Kier alpha value is -2.95. The van der Waals surface area contributed by atoms with Crippen LogP contribution in [0.5, 0.6) is 0 Å². The molecule has 0 spiro atoms. The lowest BCUT2D eigenvalue weighted by molar-refractivity contribution is 0.0991. The number of imidazole rings is 1. The number of anilines is 1. The molecule has 142 valence electrons. The van der Waals surface area contributed by atoms with Crippen molar-refractivity contribution in [3.8, 4) is 0 Å². The van der Waals surface area contributed by atoms with Crippen LogP contribution >= 0.6 is 0 Å². The lowest BCUT2D eigenvalue weighted by Crippen LogP contribution is -2.34. The summed E-state index contributed by atoms with van der Waals surface area (Å²) in [4.78, 5) is 23.8. The van der Waals surface area contributed by atoms with Crippen LogP contribution in [-0.2, 0) is 19.9 Å². The molecule has 0 fully saturated rings. The number of benzene rings is 1. The van der Waals surface area contributed by atoms with E-state index in [9.17, 15) is 4.79 Å². The topological polar surface area (TPSA) is 51.0 Å². The summed E-state index contributed by atoms with van der Waals surface area (Å²) < 4.78 is 2.19. The Bertz CT molecular complexity index is 1080. The van der Waals surface area contributed by atoms with Crippen molar-refractivity contribution >= 4 is 28.6 Å². The van der Waals surface area contributed by atoms with Crippen molar-refractivity contribution in [2.24, 2.45) is 7.05 Å². The lowest BCUT2D eigenvalue weighted by atomic mass is 9.91. The first-order chi connectivity index (χ1) is 13.7.